The Morgan fingerprint density at radius 3 is 2.56 bits per heavy atom. The van der Waals surface area contributed by atoms with E-state index >= 15 is 0 Å². The number of rotatable bonds is 6. The van der Waals surface area contributed by atoms with E-state index < -0.39 is 17.7 Å². The minimum atomic E-state index is -0.684. The molecule has 1 aromatic carbocycles. The summed E-state index contributed by atoms with van der Waals surface area (Å²) in [5, 5.41) is 11.2. The van der Waals surface area contributed by atoms with E-state index in [4.69, 9.17) is 4.74 Å². The number of likely N-dealkylation sites (tertiary alicyclic amines) is 1. The molecule has 2 heterocycles. The van der Waals surface area contributed by atoms with E-state index in [2.05, 4.69) is 18.8 Å². The minimum Gasteiger partial charge on any atom is -0.507 e. The van der Waals surface area contributed by atoms with Gasteiger partial charge in [0.25, 0.3) is 11.7 Å². The van der Waals surface area contributed by atoms with Crippen molar-refractivity contribution < 1.29 is 19.4 Å². The van der Waals surface area contributed by atoms with E-state index in [9.17, 15) is 14.7 Å². The second kappa shape index (κ2) is 9.15. The summed E-state index contributed by atoms with van der Waals surface area (Å²) < 4.78 is 5.83. The first kappa shape index (κ1) is 22.1. The van der Waals surface area contributed by atoms with Crippen molar-refractivity contribution in [3.05, 3.63) is 65.0 Å². The van der Waals surface area contributed by atoms with E-state index in [0.717, 1.165) is 37.0 Å². The number of nitrogens with zero attached hydrogens (tertiary/aromatic N) is 2. The molecule has 6 heteroatoms. The maximum Gasteiger partial charge on any atom is 0.295 e. The van der Waals surface area contributed by atoms with Gasteiger partial charge in [0, 0.05) is 17.8 Å². The molecule has 2 fully saturated rings. The number of ketones is 1. The Balaban J connectivity index is 1.77. The van der Waals surface area contributed by atoms with Crippen LogP contribution < -0.4 is 4.74 Å². The first-order valence-corrected chi connectivity index (χ1v) is 11.3. The molecule has 6 nitrogen and oxygen atoms in total. The lowest BCUT2D eigenvalue weighted by Gasteiger charge is -2.30. The fraction of sp³-hybridized carbons (Fsp3) is 0.423. The lowest BCUT2D eigenvalue weighted by atomic mass is 9.97. The number of carbonyl (C=O) groups is 2. The summed E-state index contributed by atoms with van der Waals surface area (Å²) in [6.45, 7) is 6.66. The molecular weight excluding hydrogens is 404 g/mol. The molecule has 32 heavy (non-hydrogen) atoms. The van der Waals surface area contributed by atoms with E-state index in [0.29, 0.717) is 23.8 Å². The highest BCUT2D eigenvalue weighted by Crippen LogP contribution is 2.43. The van der Waals surface area contributed by atoms with Crippen LogP contribution in [0.5, 0.6) is 5.75 Å². The zero-order chi connectivity index (χ0) is 22.8. The number of Topliss-reactive ketones (excluding diaryl/α,β-unsaturated/α-hetero) is 1. The molecule has 1 amide bonds. The molecule has 168 valence electrons. The zero-order valence-corrected chi connectivity index (χ0v) is 18.9. The number of benzene rings is 1. The largest absolute Gasteiger partial charge is 0.507 e. The van der Waals surface area contributed by atoms with Crippen LogP contribution in [0.25, 0.3) is 5.76 Å². The topological polar surface area (TPSA) is 79.7 Å². The van der Waals surface area contributed by atoms with E-state index in [-0.39, 0.29) is 17.4 Å². The molecule has 0 radical (unpaired) electrons. The number of amides is 1. The Morgan fingerprint density at radius 2 is 1.94 bits per heavy atom. The van der Waals surface area contributed by atoms with Crippen molar-refractivity contribution in [1.29, 1.82) is 0 Å². The first-order chi connectivity index (χ1) is 15.4. The lowest BCUT2D eigenvalue weighted by molar-refractivity contribution is -0.141. The molecule has 1 unspecified atom stereocenters. The molecule has 0 bridgehead atoms. The summed E-state index contributed by atoms with van der Waals surface area (Å²) >= 11 is 0. The smallest absolute Gasteiger partial charge is 0.295 e. The van der Waals surface area contributed by atoms with Gasteiger partial charge in [0.2, 0.25) is 0 Å². The molecule has 2 aromatic rings. The number of ether oxygens (including phenoxy) is 1. The Bertz CT molecular complexity index is 1040. The highest BCUT2D eigenvalue weighted by molar-refractivity contribution is 6.46. The van der Waals surface area contributed by atoms with Gasteiger partial charge in [-0.3, -0.25) is 14.6 Å². The molecule has 1 atom stereocenters. The SMILES string of the molecule is Cc1cc(/C(O)=C2/C(=O)C(=O)N(C3CCCC3)C2c2ccccn2)ccc1OCC(C)C. The fourth-order valence-corrected chi connectivity index (χ4v) is 4.61. The third kappa shape index (κ3) is 4.14. The summed E-state index contributed by atoms with van der Waals surface area (Å²) in [5.74, 6) is -0.237. The highest BCUT2D eigenvalue weighted by Gasteiger charge is 2.49. The van der Waals surface area contributed by atoms with Gasteiger partial charge in [-0.15, -0.1) is 0 Å². The number of aromatic nitrogens is 1. The van der Waals surface area contributed by atoms with Crippen LogP contribution in [0.4, 0.5) is 0 Å². The van der Waals surface area contributed by atoms with Crippen molar-refractivity contribution in [3.8, 4) is 5.75 Å². The average Bonchev–Trinajstić information content (AvgIpc) is 3.40. The molecule has 1 aliphatic carbocycles. The second-order valence-electron chi connectivity index (χ2n) is 9.08. The van der Waals surface area contributed by atoms with Gasteiger partial charge in [0.15, 0.2) is 0 Å². The van der Waals surface area contributed by atoms with Gasteiger partial charge >= 0.3 is 0 Å². The molecular formula is C26H30N2O4. The molecule has 1 N–H and O–H groups in total. The summed E-state index contributed by atoms with van der Waals surface area (Å²) in [6, 6.07) is 10.1. The number of pyridine rings is 1. The first-order valence-electron chi connectivity index (χ1n) is 11.3. The van der Waals surface area contributed by atoms with Crippen LogP contribution in [0, 0.1) is 12.8 Å². The second-order valence-corrected chi connectivity index (χ2v) is 9.08. The zero-order valence-electron chi connectivity index (χ0n) is 18.9. The molecule has 1 saturated carbocycles. The number of aliphatic hydroxyl groups is 1. The molecule has 2 aliphatic rings. The van der Waals surface area contributed by atoms with Gasteiger partial charge in [-0.25, -0.2) is 0 Å². The van der Waals surface area contributed by atoms with E-state index in [1.54, 1.807) is 41.4 Å². The van der Waals surface area contributed by atoms with Crippen LogP contribution in [0.1, 0.15) is 62.4 Å². The quantitative estimate of drug-likeness (QED) is 0.402. The van der Waals surface area contributed by atoms with Gasteiger partial charge < -0.3 is 14.7 Å². The predicted molar refractivity (Wildman–Crippen MR) is 122 cm³/mol. The maximum atomic E-state index is 13.1. The van der Waals surface area contributed by atoms with Gasteiger partial charge in [-0.05, 0) is 61.6 Å². The maximum absolute atomic E-state index is 13.1. The van der Waals surface area contributed by atoms with E-state index in [1.807, 2.05) is 13.0 Å². The Labute approximate surface area is 188 Å². The highest BCUT2D eigenvalue weighted by atomic mass is 16.5. The number of hydrogen-bond acceptors (Lipinski definition) is 5. The van der Waals surface area contributed by atoms with Crippen molar-refractivity contribution >= 4 is 17.4 Å². The lowest BCUT2D eigenvalue weighted by Crippen LogP contribution is -2.37. The normalized spacial score (nSPS) is 21.0. The summed E-state index contributed by atoms with van der Waals surface area (Å²) in [4.78, 5) is 32.3. The van der Waals surface area contributed by atoms with Crippen molar-refractivity contribution in [2.75, 3.05) is 6.61 Å². The molecule has 1 aromatic heterocycles. The Kier molecular flexibility index (Phi) is 6.31. The van der Waals surface area contributed by atoms with Gasteiger partial charge in [-0.2, -0.15) is 0 Å². The predicted octanol–water partition coefficient (Wildman–Crippen LogP) is 4.79. The number of hydrogen-bond donors (Lipinski definition) is 1. The number of aliphatic hydroxyl groups excluding tert-OH is 1. The van der Waals surface area contributed by atoms with Crippen LogP contribution in [0.2, 0.25) is 0 Å². The third-order valence-electron chi connectivity index (χ3n) is 6.19. The van der Waals surface area contributed by atoms with Crippen molar-refractivity contribution in [2.24, 2.45) is 5.92 Å². The van der Waals surface area contributed by atoms with Crippen molar-refractivity contribution in [2.45, 2.75) is 58.5 Å². The molecule has 4 rings (SSSR count). The monoisotopic (exact) mass is 434 g/mol. The summed E-state index contributed by atoms with van der Waals surface area (Å²) in [6.07, 6.45) is 5.42. The minimum absolute atomic E-state index is 0.0164. The third-order valence-corrected chi connectivity index (χ3v) is 6.19. The van der Waals surface area contributed by atoms with Crippen molar-refractivity contribution in [1.82, 2.24) is 9.88 Å². The Morgan fingerprint density at radius 1 is 1.19 bits per heavy atom. The number of carbonyl (C=O) groups excluding carboxylic acids is 2. The molecule has 0 spiro atoms. The number of aryl methyl sites for hydroxylation is 1. The van der Waals surface area contributed by atoms with Crippen LogP contribution in [-0.2, 0) is 9.59 Å². The van der Waals surface area contributed by atoms with Gasteiger partial charge in [-0.1, -0.05) is 32.8 Å². The van der Waals surface area contributed by atoms with Crippen LogP contribution >= 0.6 is 0 Å². The molecule has 1 aliphatic heterocycles. The van der Waals surface area contributed by atoms with Crippen LogP contribution in [0.15, 0.2) is 48.2 Å². The Hall–Kier alpha value is -3.15. The summed E-state index contributed by atoms with van der Waals surface area (Å²) in [7, 11) is 0. The van der Waals surface area contributed by atoms with Gasteiger partial charge in [0.1, 0.15) is 17.6 Å². The average molecular weight is 435 g/mol. The van der Waals surface area contributed by atoms with E-state index in [1.165, 1.54) is 0 Å². The molecule has 1 saturated heterocycles. The van der Waals surface area contributed by atoms with Crippen molar-refractivity contribution in [3.63, 3.8) is 0 Å². The summed E-state index contributed by atoms with van der Waals surface area (Å²) in [5.41, 5.74) is 2.04. The standard InChI is InChI=1S/C26H30N2O4/c1-16(2)15-32-21-12-11-18(14-17(21)3)24(29)22-23(20-10-6-7-13-27-20)28(26(31)25(22)30)19-8-4-5-9-19/h6-7,10-14,16,19,23,29H,4-5,8-9,15H2,1-3H3/b24-22-. The van der Waals surface area contributed by atoms with Gasteiger partial charge in [0.05, 0.1) is 17.9 Å². The van der Waals surface area contributed by atoms with Crippen LogP contribution in [0.3, 0.4) is 0 Å². The fourth-order valence-electron chi connectivity index (χ4n) is 4.61. The van der Waals surface area contributed by atoms with Crippen LogP contribution in [-0.4, -0.2) is 39.3 Å².